The predicted molar refractivity (Wildman–Crippen MR) is 119 cm³/mol. The largest absolute Gasteiger partial charge is 0.444 e. The molecule has 8 heteroatoms. The Hall–Kier alpha value is -1.22. The normalized spacial score (nSPS) is 19.1. The predicted octanol–water partition coefficient (Wildman–Crippen LogP) is 3.38. The smallest absolute Gasteiger partial charge is 0.410 e. The number of aliphatic imine (C=N–C) groups is 1. The van der Waals surface area contributed by atoms with Gasteiger partial charge in [0.25, 0.3) is 0 Å². The van der Waals surface area contributed by atoms with E-state index in [1.54, 1.807) is 4.90 Å². The van der Waals surface area contributed by atoms with Crippen LogP contribution in [0.4, 0.5) is 4.79 Å². The second kappa shape index (κ2) is 9.32. The number of hydrogen-bond donors (Lipinski definition) is 1. The van der Waals surface area contributed by atoms with Crippen molar-refractivity contribution in [3.05, 3.63) is 34.9 Å². The summed E-state index contributed by atoms with van der Waals surface area (Å²) in [4.78, 5) is 20.9. The number of guanidine groups is 1. The molecule has 27 heavy (non-hydrogen) atoms. The SMILES string of the molecule is CC(C)(C)OC(=O)N1CCN2C(NCCc3cccc(Cl)c3)=NCC2C1.I. The lowest BCUT2D eigenvalue weighted by Gasteiger charge is -2.39. The maximum atomic E-state index is 12.3. The molecule has 1 N–H and O–H groups in total. The molecule has 2 aliphatic rings. The van der Waals surface area contributed by atoms with E-state index in [4.69, 9.17) is 16.3 Å². The Bertz CT molecular complexity index is 693. The van der Waals surface area contributed by atoms with Gasteiger partial charge in [-0.1, -0.05) is 23.7 Å². The Morgan fingerprint density at radius 1 is 1.37 bits per heavy atom. The zero-order valence-electron chi connectivity index (χ0n) is 16.1. The molecule has 0 aromatic heterocycles. The summed E-state index contributed by atoms with van der Waals surface area (Å²) in [6, 6.07) is 8.14. The molecule has 0 saturated carbocycles. The van der Waals surface area contributed by atoms with Gasteiger partial charge in [-0.2, -0.15) is 0 Å². The van der Waals surface area contributed by atoms with Crippen LogP contribution >= 0.6 is 35.6 Å². The number of piperazine rings is 1. The van der Waals surface area contributed by atoms with Crippen LogP contribution in [0.15, 0.2) is 29.3 Å². The fraction of sp³-hybridized carbons (Fsp3) is 0.579. The first kappa shape index (κ1) is 22.1. The number of amides is 1. The third kappa shape index (κ3) is 6.14. The van der Waals surface area contributed by atoms with Crippen LogP contribution in [0, 0.1) is 0 Å². The first-order valence-electron chi connectivity index (χ1n) is 9.09. The fourth-order valence-electron chi connectivity index (χ4n) is 3.23. The molecule has 1 amide bonds. The summed E-state index contributed by atoms with van der Waals surface area (Å²) in [7, 11) is 0. The Labute approximate surface area is 183 Å². The molecular formula is C19H28ClIN4O2. The summed E-state index contributed by atoms with van der Waals surface area (Å²) in [5, 5.41) is 4.19. The number of ether oxygens (including phenoxy) is 1. The van der Waals surface area contributed by atoms with Crippen molar-refractivity contribution in [3.63, 3.8) is 0 Å². The van der Waals surface area contributed by atoms with Crippen LogP contribution in [0.5, 0.6) is 0 Å². The molecule has 0 radical (unpaired) electrons. The first-order valence-corrected chi connectivity index (χ1v) is 9.47. The van der Waals surface area contributed by atoms with Crippen LogP contribution in [-0.2, 0) is 11.2 Å². The van der Waals surface area contributed by atoms with Crippen molar-refractivity contribution in [1.29, 1.82) is 0 Å². The summed E-state index contributed by atoms with van der Waals surface area (Å²) in [6.07, 6.45) is 0.654. The van der Waals surface area contributed by atoms with Gasteiger partial charge in [0.05, 0.1) is 12.6 Å². The minimum absolute atomic E-state index is 0. The van der Waals surface area contributed by atoms with Gasteiger partial charge in [-0.25, -0.2) is 4.79 Å². The molecule has 1 aromatic rings. The van der Waals surface area contributed by atoms with Gasteiger partial charge < -0.3 is 19.9 Å². The van der Waals surface area contributed by atoms with Gasteiger partial charge in [-0.15, -0.1) is 24.0 Å². The molecular weight excluding hydrogens is 479 g/mol. The molecule has 2 aliphatic heterocycles. The van der Waals surface area contributed by atoms with Gasteiger partial charge in [-0.05, 0) is 44.9 Å². The summed E-state index contributed by atoms with van der Waals surface area (Å²) < 4.78 is 5.48. The van der Waals surface area contributed by atoms with Gasteiger partial charge in [0.2, 0.25) is 0 Å². The van der Waals surface area contributed by atoms with E-state index in [0.717, 1.165) is 30.5 Å². The number of nitrogens with zero attached hydrogens (tertiary/aromatic N) is 3. The van der Waals surface area contributed by atoms with E-state index in [9.17, 15) is 4.79 Å². The highest BCUT2D eigenvalue weighted by Crippen LogP contribution is 2.18. The topological polar surface area (TPSA) is 57.2 Å². The van der Waals surface area contributed by atoms with Gasteiger partial charge in [-0.3, -0.25) is 4.99 Å². The molecule has 1 atom stereocenters. The number of rotatable bonds is 3. The van der Waals surface area contributed by atoms with E-state index in [0.29, 0.717) is 19.6 Å². The Morgan fingerprint density at radius 2 is 2.15 bits per heavy atom. The standard InChI is InChI=1S/C19H27ClN4O2.HI/c1-19(2,3)26-18(25)23-9-10-24-16(13-23)12-22-17(24)21-8-7-14-5-4-6-15(20)11-14;/h4-6,11,16H,7-10,12-13H2,1-3H3,(H,21,22);1H. The van der Waals surface area contributed by atoms with Crippen LogP contribution in [0.25, 0.3) is 0 Å². The molecule has 0 bridgehead atoms. The average Bonchev–Trinajstić information content (AvgIpc) is 2.96. The molecule has 2 heterocycles. The van der Waals surface area contributed by atoms with E-state index in [2.05, 4.69) is 21.3 Å². The maximum Gasteiger partial charge on any atom is 0.410 e. The van der Waals surface area contributed by atoms with Crippen LogP contribution < -0.4 is 5.32 Å². The molecule has 1 saturated heterocycles. The molecule has 0 spiro atoms. The molecule has 150 valence electrons. The molecule has 3 rings (SSSR count). The number of fused-ring (bicyclic) bond motifs is 1. The van der Waals surface area contributed by atoms with Crippen molar-refractivity contribution in [1.82, 2.24) is 15.1 Å². The number of carbonyl (C=O) groups is 1. The maximum absolute atomic E-state index is 12.3. The van der Waals surface area contributed by atoms with Crippen molar-refractivity contribution >= 4 is 47.6 Å². The van der Waals surface area contributed by atoms with Gasteiger partial charge in [0.1, 0.15) is 5.60 Å². The molecule has 6 nitrogen and oxygen atoms in total. The lowest BCUT2D eigenvalue weighted by atomic mass is 10.1. The van der Waals surface area contributed by atoms with Crippen LogP contribution in [0.2, 0.25) is 5.02 Å². The third-order valence-corrected chi connectivity index (χ3v) is 4.68. The summed E-state index contributed by atoms with van der Waals surface area (Å²) in [5.41, 5.74) is 0.739. The number of nitrogens with one attached hydrogen (secondary N) is 1. The zero-order valence-corrected chi connectivity index (χ0v) is 19.2. The highest BCUT2D eigenvalue weighted by Gasteiger charge is 2.36. The monoisotopic (exact) mass is 506 g/mol. The lowest BCUT2D eigenvalue weighted by molar-refractivity contribution is 0.0137. The quantitative estimate of drug-likeness (QED) is 0.639. The summed E-state index contributed by atoms with van der Waals surface area (Å²) in [5.74, 6) is 0.931. The molecule has 1 fully saturated rings. The Morgan fingerprint density at radius 3 is 2.85 bits per heavy atom. The van der Waals surface area contributed by atoms with Crippen molar-refractivity contribution < 1.29 is 9.53 Å². The van der Waals surface area contributed by atoms with Crippen LogP contribution in [0.3, 0.4) is 0 Å². The van der Waals surface area contributed by atoms with Gasteiger partial charge in [0, 0.05) is 31.2 Å². The molecule has 1 aromatic carbocycles. The number of benzene rings is 1. The number of hydrogen-bond acceptors (Lipinski definition) is 5. The first-order chi connectivity index (χ1) is 12.3. The van der Waals surface area contributed by atoms with E-state index in [1.807, 2.05) is 39.0 Å². The summed E-state index contributed by atoms with van der Waals surface area (Å²) in [6.45, 7) is 9.26. The number of halogens is 2. The zero-order chi connectivity index (χ0) is 18.7. The minimum atomic E-state index is -0.465. The van der Waals surface area contributed by atoms with E-state index in [-0.39, 0.29) is 36.1 Å². The average molecular weight is 507 g/mol. The van der Waals surface area contributed by atoms with Crippen LogP contribution in [0.1, 0.15) is 26.3 Å². The Kier molecular flexibility index (Phi) is 7.62. The molecule has 1 unspecified atom stereocenters. The summed E-state index contributed by atoms with van der Waals surface area (Å²) >= 11 is 6.03. The van der Waals surface area contributed by atoms with Crippen molar-refractivity contribution in [2.24, 2.45) is 4.99 Å². The Balaban J connectivity index is 0.00000261. The van der Waals surface area contributed by atoms with Crippen LogP contribution in [-0.4, -0.2) is 66.2 Å². The second-order valence-corrected chi connectivity index (χ2v) is 8.18. The second-order valence-electron chi connectivity index (χ2n) is 7.74. The van der Waals surface area contributed by atoms with E-state index in [1.165, 1.54) is 5.56 Å². The van der Waals surface area contributed by atoms with Crippen molar-refractivity contribution in [3.8, 4) is 0 Å². The highest BCUT2D eigenvalue weighted by molar-refractivity contribution is 14.0. The van der Waals surface area contributed by atoms with Crippen molar-refractivity contribution in [2.45, 2.75) is 38.8 Å². The van der Waals surface area contributed by atoms with Crippen molar-refractivity contribution in [2.75, 3.05) is 32.7 Å². The van der Waals surface area contributed by atoms with Gasteiger partial charge in [0.15, 0.2) is 5.96 Å². The molecule has 0 aliphatic carbocycles. The number of carbonyl (C=O) groups excluding carboxylic acids is 1. The third-order valence-electron chi connectivity index (χ3n) is 4.44. The fourth-order valence-corrected chi connectivity index (χ4v) is 3.45. The minimum Gasteiger partial charge on any atom is -0.444 e. The van der Waals surface area contributed by atoms with E-state index >= 15 is 0 Å². The lowest BCUT2D eigenvalue weighted by Crippen LogP contribution is -2.57. The highest BCUT2D eigenvalue weighted by atomic mass is 127. The van der Waals surface area contributed by atoms with E-state index < -0.39 is 5.60 Å². The van der Waals surface area contributed by atoms with Gasteiger partial charge >= 0.3 is 6.09 Å².